The molecule has 0 aromatic heterocycles. The van der Waals surface area contributed by atoms with Crippen LogP contribution in [-0.2, 0) is 4.84 Å². The van der Waals surface area contributed by atoms with Gasteiger partial charge < -0.3 is 0 Å². The highest BCUT2D eigenvalue weighted by molar-refractivity contribution is 4.66. The first-order chi connectivity index (χ1) is 4.56. The molecule has 0 radical (unpaired) electrons. The van der Waals surface area contributed by atoms with Crippen LogP contribution in [0.25, 0.3) is 0 Å². The van der Waals surface area contributed by atoms with Gasteiger partial charge in [0.05, 0.1) is 5.60 Å². The maximum atomic E-state index is 5.23. The lowest BCUT2D eigenvalue weighted by Crippen LogP contribution is -2.29. The molecular weight excluding hydrogens is 126 g/mol. The Bertz CT molecular complexity index is 93.9. The van der Waals surface area contributed by atoms with E-state index < -0.39 is 0 Å². The molecule has 2 heteroatoms. The molecule has 0 saturated carbocycles. The molecule has 0 unspecified atom stereocenters. The molecule has 0 aliphatic heterocycles. The second-order valence-electron chi connectivity index (χ2n) is 3.19. The first kappa shape index (κ1) is 9.66. The first-order valence-electron chi connectivity index (χ1n) is 3.58. The summed E-state index contributed by atoms with van der Waals surface area (Å²) in [6, 6.07) is 0. The van der Waals surface area contributed by atoms with Crippen molar-refractivity contribution in [2.75, 3.05) is 6.54 Å². The number of hydrogen-bond acceptors (Lipinski definition) is 2. The van der Waals surface area contributed by atoms with Crippen LogP contribution in [0.5, 0.6) is 0 Å². The van der Waals surface area contributed by atoms with Crippen LogP contribution in [0.2, 0.25) is 0 Å². The largest absolute Gasteiger partial charge is 0.296 e. The van der Waals surface area contributed by atoms with Crippen molar-refractivity contribution in [1.29, 1.82) is 0 Å². The minimum absolute atomic E-state index is 0.0961. The van der Waals surface area contributed by atoms with Gasteiger partial charge in [0, 0.05) is 6.54 Å². The van der Waals surface area contributed by atoms with Crippen molar-refractivity contribution >= 4 is 0 Å². The average Bonchev–Trinajstić information content (AvgIpc) is 1.78. The van der Waals surface area contributed by atoms with Crippen molar-refractivity contribution in [3.8, 4) is 0 Å². The minimum Gasteiger partial charge on any atom is -0.296 e. The Hall–Kier alpha value is -0.340. The summed E-state index contributed by atoms with van der Waals surface area (Å²) in [5.74, 6) is 0. The van der Waals surface area contributed by atoms with E-state index in [1.54, 1.807) is 0 Å². The normalized spacial score (nSPS) is 11.5. The number of hydrogen-bond donors (Lipinski definition) is 1. The van der Waals surface area contributed by atoms with E-state index in [1.165, 1.54) is 0 Å². The Morgan fingerprint density at radius 1 is 1.50 bits per heavy atom. The van der Waals surface area contributed by atoms with Crippen molar-refractivity contribution in [3.05, 3.63) is 12.7 Å². The second kappa shape index (κ2) is 4.47. The topological polar surface area (TPSA) is 21.3 Å². The van der Waals surface area contributed by atoms with E-state index in [9.17, 15) is 0 Å². The lowest BCUT2D eigenvalue weighted by molar-refractivity contribution is -0.0715. The Labute approximate surface area is 63.2 Å². The predicted octanol–water partition coefficient (Wildman–Crippen LogP) is 1.88. The lowest BCUT2D eigenvalue weighted by atomic mass is 10.2. The van der Waals surface area contributed by atoms with Crippen LogP contribution in [0, 0.1) is 0 Å². The molecule has 0 atom stereocenters. The van der Waals surface area contributed by atoms with E-state index in [2.05, 4.69) is 12.1 Å². The molecule has 0 aromatic rings. The summed E-state index contributed by atoms with van der Waals surface area (Å²) in [4.78, 5) is 5.23. The summed E-state index contributed by atoms with van der Waals surface area (Å²) in [7, 11) is 0. The van der Waals surface area contributed by atoms with Gasteiger partial charge in [0.2, 0.25) is 0 Å². The van der Waals surface area contributed by atoms with Gasteiger partial charge in [0.15, 0.2) is 0 Å². The molecule has 0 heterocycles. The van der Waals surface area contributed by atoms with Gasteiger partial charge >= 0.3 is 0 Å². The zero-order chi connectivity index (χ0) is 8.04. The quantitative estimate of drug-likeness (QED) is 0.368. The van der Waals surface area contributed by atoms with Crippen LogP contribution in [-0.4, -0.2) is 12.1 Å². The summed E-state index contributed by atoms with van der Waals surface area (Å²) in [5.41, 5.74) is 2.76. The molecule has 0 aliphatic rings. The van der Waals surface area contributed by atoms with E-state index in [1.807, 2.05) is 26.8 Å². The van der Waals surface area contributed by atoms with Crippen LogP contribution in [0.15, 0.2) is 12.7 Å². The molecular formula is C8H17NO. The molecule has 0 aromatic carbocycles. The fraction of sp³-hybridized carbons (Fsp3) is 0.750. The number of hydroxylamine groups is 1. The molecule has 2 nitrogen and oxygen atoms in total. The van der Waals surface area contributed by atoms with Gasteiger partial charge in [-0.05, 0) is 27.2 Å². The molecule has 0 amide bonds. The molecule has 0 fully saturated rings. The van der Waals surface area contributed by atoms with Crippen LogP contribution in [0.4, 0.5) is 0 Å². The lowest BCUT2D eigenvalue weighted by Gasteiger charge is -2.18. The predicted molar refractivity (Wildman–Crippen MR) is 43.7 cm³/mol. The maximum Gasteiger partial charge on any atom is 0.0812 e. The van der Waals surface area contributed by atoms with Crippen LogP contribution in [0.1, 0.15) is 27.2 Å². The highest BCUT2D eigenvalue weighted by Gasteiger charge is 2.08. The van der Waals surface area contributed by atoms with Gasteiger partial charge in [-0.3, -0.25) is 4.84 Å². The average molecular weight is 143 g/mol. The Balaban J connectivity index is 3.12. The molecule has 1 N–H and O–H groups in total. The van der Waals surface area contributed by atoms with Crippen LogP contribution < -0.4 is 5.48 Å². The van der Waals surface area contributed by atoms with Gasteiger partial charge in [0.1, 0.15) is 0 Å². The Kier molecular flexibility index (Phi) is 4.32. The smallest absolute Gasteiger partial charge is 0.0812 e. The third kappa shape index (κ3) is 7.66. The van der Waals surface area contributed by atoms with Gasteiger partial charge in [-0.15, -0.1) is 6.58 Å². The zero-order valence-electron chi connectivity index (χ0n) is 7.11. The van der Waals surface area contributed by atoms with Gasteiger partial charge in [-0.1, -0.05) is 6.08 Å². The standard InChI is InChI=1S/C8H17NO/c1-5-6-7-9-10-8(2,3)4/h5,9H,1,6-7H2,2-4H3. The molecule has 10 heavy (non-hydrogen) atoms. The molecule has 0 aliphatic carbocycles. The zero-order valence-corrected chi connectivity index (χ0v) is 7.11. The van der Waals surface area contributed by atoms with Crippen molar-refractivity contribution in [1.82, 2.24) is 5.48 Å². The van der Waals surface area contributed by atoms with Gasteiger partial charge in [-0.25, -0.2) is 5.48 Å². The second-order valence-corrected chi connectivity index (χ2v) is 3.19. The van der Waals surface area contributed by atoms with E-state index >= 15 is 0 Å². The van der Waals surface area contributed by atoms with Crippen molar-refractivity contribution in [3.63, 3.8) is 0 Å². The third-order valence-corrected chi connectivity index (χ3v) is 0.829. The molecule has 60 valence electrons. The molecule has 0 bridgehead atoms. The van der Waals surface area contributed by atoms with E-state index in [-0.39, 0.29) is 5.60 Å². The number of nitrogens with one attached hydrogen (secondary N) is 1. The van der Waals surface area contributed by atoms with Crippen molar-refractivity contribution in [2.45, 2.75) is 32.8 Å². The van der Waals surface area contributed by atoms with Crippen molar-refractivity contribution < 1.29 is 4.84 Å². The van der Waals surface area contributed by atoms with Crippen LogP contribution >= 0.6 is 0 Å². The third-order valence-electron chi connectivity index (χ3n) is 0.829. The summed E-state index contributed by atoms with van der Waals surface area (Å²) in [6.07, 6.45) is 2.80. The Morgan fingerprint density at radius 3 is 2.50 bits per heavy atom. The maximum absolute atomic E-state index is 5.23. The van der Waals surface area contributed by atoms with Gasteiger partial charge in [0.25, 0.3) is 0 Å². The SMILES string of the molecule is C=CCCNOC(C)(C)C. The highest BCUT2D eigenvalue weighted by Crippen LogP contribution is 2.02. The Morgan fingerprint density at radius 2 is 2.10 bits per heavy atom. The van der Waals surface area contributed by atoms with E-state index in [4.69, 9.17) is 4.84 Å². The monoisotopic (exact) mass is 143 g/mol. The summed E-state index contributed by atoms with van der Waals surface area (Å²) >= 11 is 0. The fourth-order valence-electron chi connectivity index (χ4n) is 0.429. The molecule has 0 rings (SSSR count). The molecule has 0 saturated heterocycles. The summed E-state index contributed by atoms with van der Waals surface area (Å²) < 4.78 is 0. The molecule has 0 spiro atoms. The summed E-state index contributed by atoms with van der Waals surface area (Å²) in [5, 5.41) is 0. The highest BCUT2D eigenvalue weighted by atomic mass is 16.7. The van der Waals surface area contributed by atoms with Gasteiger partial charge in [-0.2, -0.15) is 0 Å². The van der Waals surface area contributed by atoms with E-state index in [0.29, 0.717) is 0 Å². The summed E-state index contributed by atoms with van der Waals surface area (Å²) in [6.45, 7) is 10.5. The fourth-order valence-corrected chi connectivity index (χ4v) is 0.429. The van der Waals surface area contributed by atoms with Crippen LogP contribution in [0.3, 0.4) is 0 Å². The first-order valence-corrected chi connectivity index (χ1v) is 3.58. The minimum atomic E-state index is -0.0961. The number of rotatable bonds is 4. The van der Waals surface area contributed by atoms with E-state index in [0.717, 1.165) is 13.0 Å². The van der Waals surface area contributed by atoms with Crippen molar-refractivity contribution in [2.24, 2.45) is 0 Å².